The molecule has 90 valence electrons. The number of benzene rings is 1. The minimum Gasteiger partial charge on any atom is -0.492 e. The van der Waals surface area contributed by atoms with E-state index in [1.165, 1.54) is 0 Å². The lowest BCUT2D eigenvalue weighted by Crippen LogP contribution is -2.28. The first-order valence-electron chi connectivity index (χ1n) is 4.40. The van der Waals surface area contributed by atoms with Crippen LogP contribution in [0.4, 0.5) is 13.2 Å². The summed E-state index contributed by atoms with van der Waals surface area (Å²) in [6.07, 6.45) is -4.29. The fourth-order valence-electron chi connectivity index (χ4n) is 0.971. The highest BCUT2D eigenvalue weighted by molar-refractivity contribution is 9.10. The number of ether oxygens (including phenoxy) is 1. The highest BCUT2D eigenvalue weighted by Gasteiger charge is 2.38. The van der Waals surface area contributed by atoms with Crippen molar-refractivity contribution in [1.82, 2.24) is 0 Å². The molecule has 0 amide bonds. The first-order valence-corrected chi connectivity index (χ1v) is 6.11. The minimum atomic E-state index is -4.29. The Kier molecular flexibility index (Phi) is 4.67. The van der Waals surface area contributed by atoms with Crippen LogP contribution < -0.4 is 4.74 Å². The third-order valence-corrected chi connectivity index (χ3v) is 3.55. The summed E-state index contributed by atoms with van der Waals surface area (Å²) in [6, 6.07) is 5.04. The molecule has 0 aliphatic carbocycles. The van der Waals surface area contributed by atoms with E-state index in [2.05, 4.69) is 31.9 Å². The van der Waals surface area contributed by atoms with Gasteiger partial charge in [-0.05, 0) is 30.7 Å². The van der Waals surface area contributed by atoms with Crippen LogP contribution in [0.3, 0.4) is 0 Å². The molecule has 16 heavy (non-hydrogen) atoms. The first kappa shape index (κ1) is 13.8. The van der Waals surface area contributed by atoms with Crippen LogP contribution in [0, 0.1) is 6.92 Å². The average molecular weight is 362 g/mol. The molecule has 0 fully saturated rings. The Hall–Kier alpha value is -0.230. The summed E-state index contributed by atoms with van der Waals surface area (Å²) in [4.78, 5) is -1.65. The van der Waals surface area contributed by atoms with E-state index < -0.39 is 17.6 Å². The van der Waals surface area contributed by atoms with Crippen molar-refractivity contribution in [2.45, 2.75) is 17.9 Å². The number of halogens is 5. The Morgan fingerprint density at radius 3 is 2.50 bits per heavy atom. The first-order chi connectivity index (χ1) is 7.30. The summed E-state index contributed by atoms with van der Waals surface area (Å²) in [5.74, 6) is 0.425. The standard InChI is InChI=1S/C10H9Br2F3O/c1-6-4-7(2-3-8(6)11)16-5-9(12)10(13,14)15/h2-4,9H,5H2,1H3. The Morgan fingerprint density at radius 2 is 2.00 bits per heavy atom. The molecule has 0 aromatic heterocycles. The van der Waals surface area contributed by atoms with Crippen LogP contribution in [0.2, 0.25) is 0 Å². The Bertz CT molecular complexity index is 366. The third kappa shape index (κ3) is 3.97. The normalized spacial score (nSPS) is 13.6. The van der Waals surface area contributed by atoms with Crippen LogP contribution in [-0.2, 0) is 0 Å². The number of rotatable bonds is 3. The van der Waals surface area contributed by atoms with E-state index in [1.54, 1.807) is 18.2 Å². The molecule has 0 N–H and O–H groups in total. The second-order valence-electron chi connectivity index (χ2n) is 3.23. The Morgan fingerprint density at radius 1 is 1.38 bits per heavy atom. The highest BCUT2D eigenvalue weighted by Crippen LogP contribution is 2.28. The molecule has 0 saturated heterocycles. The molecular weight excluding hydrogens is 353 g/mol. The van der Waals surface area contributed by atoms with Gasteiger partial charge >= 0.3 is 6.18 Å². The van der Waals surface area contributed by atoms with Crippen molar-refractivity contribution < 1.29 is 17.9 Å². The van der Waals surface area contributed by atoms with Crippen LogP contribution in [0.5, 0.6) is 5.75 Å². The lowest BCUT2D eigenvalue weighted by atomic mass is 10.2. The van der Waals surface area contributed by atoms with Crippen molar-refractivity contribution in [1.29, 1.82) is 0 Å². The molecule has 0 bridgehead atoms. The molecule has 6 heteroatoms. The second-order valence-corrected chi connectivity index (χ2v) is 5.19. The minimum absolute atomic E-state index is 0.425. The zero-order chi connectivity index (χ0) is 12.3. The molecule has 0 aliphatic heterocycles. The van der Waals surface area contributed by atoms with Crippen molar-refractivity contribution in [3.8, 4) is 5.75 Å². The van der Waals surface area contributed by atoms with Gasteiger partial charge < -0.3 is 4.74 Å². The molecule has 0 heterocycles. The smallest absolute Gasteiger partial charge is 0.404 e. The molecule has 1 atom stereocenters. The van der Waals surface area contributed by atoms with E-state index in [1.807, 2.05) is 6.92 Å². The van der Waals surface area contributed by atoms with Crippen molar-refractivity contribution >= 4 is 31.9 Å². The predicted molar refractivity (Wildman–Crippen MR) is 63.1 cm³/mol. The zero-order valence-electron chi connectivity index (χ0n) is 8.31. The van der Waals surface area contributed by atoms with Gasteiger partial charge in [-0.2, -0.15) is 13.2 Å². The lowest BCUT2D eigenvalue weighted by Gasteiger charge is -2.15. The monoisotopic (exact) mass is 360 g/mol. The molecular formula is C10H9Br2F3O. The van der Waals surface area contributed by atoms with Crippen molar-refractivity contribution in [3.05, 3.63) is 28.2 Å². The maximum atomic E-state index is 12.2. The number of hydrogen-bond donors (Lipinski definition) is 0. The molecule has 0 spiro atoms. The van der Waals surface area contributed by atoms with E-state index >= 15 is 0 Å². The zero-order valence-corrected chi connectivity index (χ0v) is 11.5. The maximum absolute atomic E-state index is 12.2. The van der Waals surface area contributed by atoms with Gasteiger partial charge in [-0.15, -0.1) is 0 Å². The topological polar surface area (TPSA) is 9.23 Å². The number of hydrogen-bond acceptors (Lipinski definition) is 1. The van der Waals surface area contributed by atoms with Gasteiger partial charge in [0.05, 0.1) is 0 Å². The van der Waals surface area contributed by atoms with Crippen molar-refractivity contribution in [3.63, 3.8) is 0 Å². The Labute approximate surface area is 108 Å². The largest absolute Gasteiger partial charge is 0.492 e. The van der Waals surface area contributed by atoms with Crippen LogP contribution in [0.1, 0.15) is 5.56 Å². The fraction of sp³-hybridized carbons (Fsp3) is 0.400. The summed E-state index contributed by atoms with van der Waals surface area (Å²) in [5, 5.41) is 0. The maximum Gasteiger partial charge on any atom is 0.404 e. The number of alkyl halides is 4. The molecule has 0 radical (unpaired) electrons. The molecule has 0 aliphatic rings. The number of aryl methyl sites for hydroxylation is 1. The third-order valence-electron chi connectivity index (χ3n) is 1.88. The summed E-state index contributed by atoms with van der Waals surface area (Å²) in [6.45, 7) is 1.40. The van der Waals surface area contributed by atoms with Gasteiger partial charge in [0.2, 0.25) is 0 Å². The van der Waals surface area contributed by atoms with Crippen molar-refractivity contribution in [2.24, 2.45) is 0 Å². The van der Waals surface area contributed by atoms with Crippen molar-refractivity contribution in [2.75, 3.05) is 6.61 Å². The molecule has 0 saturated carbocycles. The quantitative estimate of drug-likeness (QED) is 0.722. The molecule has 1 rings (SSSR count). The van der Waals surface area contributed by atoms with Gasteiger partial charge in [-0.1, -0.05) is 31.9 Å². The van der Waals surface area contributed by atoms with Crippen LogP contribution in [-0.4, -0.2) is 17.6 Å². The van der Waals surface area contributed by atoms with Gasteiger partial charge in [-0.25, -0.2) is 0 Å². The van der Waals surface area contributed by atoms with Gasteiger partial charge in [0, 0.05) is 4.47 Å². The SMILES string of the molecule is Cc1cc(OCC(Br)C(F)(F)F)ccc1Br. The van der Waals surface area contributed by atoms with Gasteiger partial charge in [-0.3, -0.25) is 0 Å². The van der Waals surface area contributed by atoms with E-state index in [0.29, 0.717) is 5.75 Å². The van der Waals surface area contributed by atoms with Crippen LogP contribution in [0.25, 0.3) is 0 Å². The van der Waals surface area contributed by atoms with E-state index in [9.17, 15) is 13.2 Å². The van der Waals surface area contributed by atoms with E-state index in [-0.39, 0.29) is 0 Å². The molecule has 1 unspecified atom stereocenters. The molecule has 1 aromatic carbocycles. The van der Waals surface area contributed by atoms with Gasteiger partial charge in [0.15, 0.2) is 0 Å². The Balaban J connectivity index is 2.58. The van der Waals surface area contributed by atoms with Gasteiger partial charge in [0.25, 0.3) is 0 Å². The van der Waals surface area contributed by atoms with Crippen LogP contribution in [0.15, 0.2) is 22.7 Å². The second kappa shape index (κ2) is 5.40. The summed E-state index contributed by atoms with van der Waals surface area (Å²) < 4.78 is 42.4. The summed E-state index contributed by atoms with van der Waals surface area (Å²) in [5.41, 5.74) is 0.913. The van der Waals surface area contributed by atoms with E-state index in [0.717, 1.165) is 10.0 Å². The average Bonchev–Trinajstić information content (AvgIpc) is 2.18. The fourth-order valence-corrected chi connectivity index (χ4v) is 1.35. The van der Waals surface area contributed by atoms with Crippen LogP contribution >= 0.6 is 31.9 Å². The predicted octanol–water partition coefficient (Wildman–Crippen LogP) is 4.46. The molecule has 1 nitrogen and oxygen atoms in total. The lowest BCUT2D eigenvalue weighted by molar-refractivity contribution is -0.132. The summed E-state index contributed by atoms with van der Waals surface area (Å²) in [7, 11) is 0. The van der Waals surface area contributed by atoms with E-state index in [4.69, 9.17) is 4.74 Å². The summed E-state index contributed by atoms with van der Waals surface area (Å²) >= 11 is 5.83. The highest BCUT2D eigenvalue weighted by atomic mass is 79.9. The molecule has 1 aromatic rings. The van der Waals surface area contributed by atoms with Gasteiger partial charge in [0.1, 0.15) is 17.2 Å².